The second kappa shape index (κ2) is 8.16. The van der Waals surface area contributed by atoms with E-state index in [0.717, 1.165) is 0 Å². The molecule has 0 aromatic carbocycles. The molecule has 1 heterocycles. The number of nitrogens with zero attached hydrogens (tertiary/aromatic N) is 1. The van der Waals surface area contributed by atoms with Crippen LogP contribution in [0.1, 0.15) is 41.5 Å². The first-order chi connectivity index (χ1) is 11.3. The summed E-state index contributed by atoms with van der Waals surface area (Å²) in [6, 6.07) is -2.01. The van der Waals surface area contributed by atoms with Crippen molar-refractivity contribution < 1.29 is 29.0 Å². The molecule has 0 aliphatic carbocycles. The van der Waals surface area contributed by atoms with Gasteiger partial charge in [0, 0.05) is 18.1 Å². The summed E-state index contributed by atoms with van der Waals surface area (Å²) in [6.07, 6.45) is -1.42. The zero-order valence-corrected chi connectivity index (χ0v) is 16.4. The Morgan fingerprint density at radius 3 is 2.16 bits per heavy atom. The molecule has 8 nitrogen and oxygen atoms in total. The molecule has 0 bridgehead atoms. The number of hydrogen-bond donors (Lipinski definition) is 2. The number of thioether (sulfide) groups is 1. The maximum Gasteiger partial charge on any atom is 0.410 e. The van der Waals surface area contributed by atoms with Crippen molar-refractivity contribution in [1.82, 2.24) is 10.2 Å². The third kappa shape index (κ3) is 7.41. The van der Waals surface area contributed by atoms with E-state index in [-0.39, 0.29) is 0 Å². The minimum absolute atomic E-state index is 0.351. The van der Waals surface area contributed by atoms with Crippen molar-refractivity contribution in [2.75, 3.05) is 18.1 Å². The highest BCUT2D eigenvalue weighted by Gasteiger charge is 2.40. The van der Waals surface area contributed by atoms with Gasteiger partial charge in [-0.15, -0.1) is 0 Å². The molecule has 2 amide bonds. The fourth-order valence-corrected chi connectivity index (χ4v) is 3.31. The largest absolute Gasteiger partial charge is 0.480 e. The number of nitrogens with one attached hydrogen (secondary N) is 1. The van der Waals surface area contributed by atoms with Gasteiger partial charge < -0.3 is 24.8 Å². The summed E-state index contributed by atoms with van der Waals surface area (Å²) in [5, 5.41) is 11.9. The van der Waals surface area contributed by atoms with Crippen LogP contribution >= 0.6 is 11.8 Å². The molecule has 144 valence electrons. The summed E-state index contributed by atoms with van der Waals surface area (Å²) in [5.74, 6) is -0.174. The molecule has 1 saturated heterocycles. The van der Waals surface area contributed by atoms with Gasteiger partial charge in [0.15, 0.2) is 6.04 Å². The summed E-state index contributed by atoms with van der Waals surface area (Å²) in [4.78, 5) is 37.5. The minimum Gasteiger partial charge on any atom is -0.480 e. The van der Waals surface area contributed by atoms with Crippen LogP contribution in [0, 0.1) is 0 Å². The van der Waals surface area contributed by atoms with Crippen LogP contribution < -0.4 is 5.32 Å². The summed E-state index contributed by atoms with van der Waals surface area (Å²) < 4.78 is 10.5. The second-order valence-electron chi connectivity index (χ2n) is 7.78. The van der Waals surface area contributed by atoms with Gasteiger partial charge in [-0.1, -0.05) is 0 Å². The molecule has 25 heavy (non-hydrogen) atoms. The molecule has 2 unspecified atom stereocenters. The van der Waals surface area contributed by atoms with Gasteiger partial charge >= 0.3 is 18.2 Å². The van der Waals surface area contributed by atoms with Crippen LogP contribution in [0.2, 0.25) is 0 Å². The van der Waals surface area contributed by atoms with Crippen molar-refractivity contribution in [1.29, 1.82) is 0 Å². The van der Waals surface area contributed by atoms with Crippen LogP contribution in [0.15, 0.2) is 0 Å². The molecule has 2 atom stereocenters. The van der Waals surface area contributed by atoms with Gasteiger partial charge in [0.2, 0.25) is 0 Å². The first kappa shape index (κ1) is 21.4. The Morgan fingerprint density at radius 2 is 1.68 bits per heavy atom. The number of aliphatic carboxylic acids is 1. The summed E-state index contributed by atoms with van der Waals surface area (Å²) in [5.41, 5.74) is -1.44. The number of hydrogen-bond acceptors (Lipinski definition) is 6. The summed E-state index contributed by atoms with van der Waals surface area (Å²) >= 11 is 1.52. The zero-order valence-electron chi connectivity index (χ0n) is 15.6. The highest BCUT2D eigenvalue weighted by Crippen LogP contribution is 2.22. The number of rotatable bonds is 3. The molecule has 1 rings (SSSR count). The van der Waals surface area contributed by atoms with Gasteiger partial charge in [0.1, 0.15) is 11.2 Å². The summed E-state index contributed by atoms with van der Waals surface area (Å²) in [6.45, 7) is 10.6. The van der Waals surface area contributed by atoms with Crippen LogP contribution in [-0.2, 0) is 14.3 Å². The Bertz CT molecular complexity index is 512. The van der Waals surface area contributed by atoms with E-state index in [9.17, 15) is 19.5 Å². The highest BCUT2D eigenvalue weighted by atomic mass is 32.2. The normalized spacial score (nSPS) is 19.8. The molecule has 0 radical (unpaired) electrons. The average Bonchev–Trinajstić information content (AvgIpc) is 2.40. The maximum atomic E-state index is 12.4. The zero-order chi connectivity index (χ0) is 19.4. The minimum atomic E-state index is -1.28. The molecule has 0 saturated carbocycles. The number of carboxylic acid groups (broad SMARTS) is 1. The number of ether oxygens (including phenoxy) is 2. The van der Waals surface area contributed by atoms with Crippen molar-refractivity contribution in [3.05, 3.63) is 0 Å². The molecule has 0 aromatic heterocycles. The van der Waals surface area contributed by atoms with E-state index < -0.39 is 41.4 Å². The van der Waals surface area contributed by atoms with Crippen molar-refractivity contribution in [3.8, 4) is 0 Å². The Kier molecular flexibility index (Phi) is 6.99. The monoisotopic (exact) mass is 376 g/mol. The maximum absolute atomic E-state index is 12.4. The first-order valence-corrected chi connectivity index (χ1v) is 9.25. The van der Waals surface area contributed by atoms with Crippen LogP contribution in [-0.4, -0.2) is 69.5 Å². The first-order valence-electron chi connectivity index (χ1n) is 8.10. The number of carbonyl (C=O) groups excluding carboxylic acids is 2. The standard InChI is InChI=1S/C16H28N2O6S/c1-15(2,3)23-13(21)17-11(12(19)20)10-9-25-8-7-18(10)14(22)24-16(4,5)6/h10-11H,7-9H2,1-6H3,(H,17,21)(H,19,20). The second-order valence-corrected chi connectivity index (χ2v) is 8.93. The van der Waals surface area contributed by atoms with Gasteiger partial charge in [0.05, 0.1) is 6.04 Å². The van der Waals surface area contributed by atoms with Gasteiger partial charge in [0.25, 0.3) is 0 Å². The Balaban J connectivity index is 2.92. The van der Waals surface area contributed by atoms with E-state index >= 15 is 0 Å². The van der Waals surface area contributed by atoms with E-state index in [1.165, 1.54) is 16.7 Å². The lowest BCUT2D eigenvalue weighted by Gasteiger charge is -2.39. The molecule has 1 aliphatic heterocycles. The van der Waals surface area contributed by atoms with E-state index in [4.69, 9.17) is 9.47 Å². The fourth-order valence-electron chi connectivity index (χ4n) is 2.20. The predicted octanol–water partition coefficient (Wildman–Crippen LogP) is 2.32. The average molecular weight is 376 g/mol. The molecule has 0 aromatic rings. The van der Waals surface area contributed by atoms with Crippen LogP contribution in [0.3, 0.4) is 0 Å². The number of alkyl carbamates (subject to hydrolysis) is 1. The quantitative estimate of drug-likeness (QED) is 0.778. The molecule has 1 aliphatic rings. The van der Waals surface area contributed by atoms with E-state index in [2.05, 4.69) is 5.32 Å². The van der Waals surface area contributed by atoms with Gasteiger partial charge in [-0.25, -0.2) is 14.4 Å². The Hall–Kier alpha value is -1.64. The third-order valence-corrected chi connectivity index (χ3v) is 4.17. The molecule has 0 spiro atoms. The number of amides is 2. The predicted molar refractivity (Wildman–Crippen MR) is 94.8 cm³/mol. The number of carbonyl (C=O) groups is 3. The lowest BCUT2D eigenvalue weighted by Crippen LogP contribution is -2.61. The fraction of sp³-hybridized carbons (Fsp3) is 0.812. The Morgan fingerprint density at radius 1 is 1.12 bits per heavy atom. The lowest BCUT2D eigenvalue weighted by atomic mass is 10.1. The van der Waals surface area contributed by atoms with E-state index in [0.29, 0.717) is 18.1 Å². The smallest absolute Gasteiger partial charge is 0.410 e. The van der Waals surface area contributed by atoms with Crippen molar-refractivity contribution in [2.24, 2.45) is 0 Å². The third-order valence-electron chi connectivity index (χ3n) is 3.12. The molecule has 2 N–H and O–H groups in total. The van der Waals surface area contributed by atoms with Crippen molar-refractivity contribution in [3.63, 3.8) is 0 Å². The summed E-state index contributed by atoms with van der Waals surface area (Å²) in [7, 11) is 0. The van der Waals surface area contributed by atoms with E-state index in [1.54, 1.807) is 41.5 Å². The molecular formula is C16H28N2O6S. The highest BCUT2D eigenvalue weighted by molar-refractivity contribution is 7.99. The molecule has 9 heteroatoms. The van der Waals surface area contributed by atoms with Crippen LogP contribution in [0.5, 0.6) is 0 Å². The van der Waals surface area contributed by atoms with Gasteiger partial charge in [-0.2, -0.15) is 11.8 Å². The number of carboxylic acids is 1. The van der Waals surface area contributed by atoms with Crippen LogP contribution in [0.25, 0.3) is 0 Å². The van der Waals surface area contributed by atoms with Gasteiger partial charge in [-0.05, 0) is 41.5 Å². The lowest BCUT2D eigenvalue weighted by molar-refractivity contribution is -0.141. The molecule has 1 fully saturated rings. The van der Waals surface area contributed by atoms with E-state index in [1.807, 2.05) is 0 Å². The SMILES string of the molecule is CC(C)(C)OC(=O)NC(C(=O)O)C1CSCCN1C(=O)OC(C)(C)C. The molecular weight excluding hydrogens is 348 g/mol. The van der Waals surface area contributed by atoms with Gasteiger partial charge in [-0.3, -0.25) is 0 Å². The van der Waals surface area contributed by atoms with Crippen LogP contribution in [0.4, 0.5) is 9.59 Å². The topological polar surface area (TPSA) is 105 Å². The Labute approximate surface area is 152 Å². The van der Waals surface area contributed by atoms with Crippen molar-refractivity contribution >= 4 is 29.9 Å². The van der Waals surface area contributed by atoms with Crippen molar-refractivity contribution in [2.45, 2.75) is 64.8 Å².